The lowest BCUT2D eigenvalue weighted by Crippen LogP contribution is -2.21. The number of pyridine rings is 1. The number of aromatic amines is 1. The Balaban J connectivity index is 2.61. The van der Waals surface area contributed by atoms with Gasteiger partial charge in [-0.1, -0.05) is 0 Å². The molecule has 0 aliphatic carbocycles. The molecule has 0 fully saturated rings. The van der Waals surface area contributed by atoms with Gasteiger partial charge in [-0.15, -0.1) is 0 Å². The number of benzene rings is 1. The van der Waals surface area contributed by atoms with Crippen LogP contribution in [0.25, 0.3) is 10.9 Å². The van der Waals surface area contributed by atoms with Crippen molar-refractivity contribution in [1.82, 2.24) is 4.98 Å². The Bertz CT molecular complexity index is 582. The molecule has 0 saturated heterocycles. The van der Waals surface area contributed by atoms with Crippen LogP contribution < -0.4 is 10.5 Å². The van der Waals surface area contributed by atoms with Gasteiger partial charge in [-0.2, -0.15) is 0 Å². The molecule has 90 valence electrons. The van der Waals surface area contributed by atoms with Gasteiger partial charge in [0.1, 0.15) is 0 Å². The summed E-state index contributed by atoms with van der Waals surface area (Å²) in [6.07, 6.45) is 0. The smallest absolute Gasteiger partial charge is 0.248 e. The van der Waals surface area contributed by atoms with Crippen LogP contribution in [0.15, 0.2) is 29.1 Å². The number of H-pyrrole nitrogens is 1. The van der Waals surface area contributed by atoms with Crippen LogP contribution in [0.3, 0.4) is 0 Å². The molecule has 0 aliphatic heterocycles. The maximum Gasteiger partial charge on any atom is 0.248 e. The van der Waals surface area contributed by atoms with Gasteiger partial charge in [0.05, 0.1) is 0 Å². The summed E-state index contributed by atoms with van der Waals surface area (Å²) >= 11 is 0. The molecule has 0 aliphatic rings. The van der Waals surface area contributed by atoms with Gasteiger partial charge in [0.25, 0.3) is 0 Å². The lowest BCUT2D eigenvalue weighted by atomic mass is 10.1. The highest BCUT2D eigenvalue weighted by molar-refractivity contribution is 5.85. The largest absolute Gasteiger partial charge is 0.372 e. The Morgan fingerprint density at radius 2 is 1.88 bits per heavy atom. The summed E-state index contributed by atoms with van der Waals surface area (Å²) in [5.41, 5.74) is 3.10. The number of aromatic nitrogens is 1. The van der Waals surface area contributed by atoms with E-state index in [9.17, 15) is 4.79 Å². The molecular weight excluding hydrogens is 212 g/mol. The third-order valence-corrected chi connectivity index (χ3v) is 3.16. The third-order valence-electron chi connectivity index (χ3n) is 3.16. The summed E-state index contributed by atoms with van der Waals surface area (Å²) < 4.78 is 0. The average molecular weight is 230 g/mol. The second-order valence-electron chi connectivity index (χ2n) is 4.22. The minimum Gasteiger partial charge on any atom is -0.372 e. The van der Waals surface area contributed by atoms with E-state index in [0.29, 0.717) is 0 Å². The number of rotatable bonds is 3. The molecule has 3 heteroatoms. The molecule has 1 heterocycles. The van der Waals surface area contributed by atoms with Crippen LogP contribution >= 0.6 is 0 Å². The van der Waals surface area contributed by atoms with Crippen LogP contribution in [0, 0.1) is 6.92 Å². The Labute approximate surface area is 101 Å². The molecule has 0 atom stereocenters. The summed E-state index contributed by atoms with van der Waals surface area (Å²) in [6, 6.07) is 7.84. The minimum absolute atomic E-state index is 0.0365. The van der Waals surface area contributed by atoms with Gasteiger partial charge in [0.2, 0.25) is 5.56 Å². The second-order valence-corrected chi connectivity index (χ2v) is 4.22. The van der Waals surface area contributed by atoms with Crippen molar-refractivity contribution in [2.45, 2.75) is 20.8 Å². The highest BCUT2D eigenvalue weighted by Crippen LogP contribution is 2.22. The molecule has 3 nitrogen and oxygen atoms in total. The molecule has 2 rings (SSSR count). The standard InChI is InChI=1S/C14H18N2O/c1-4-16(5-2)11-6-7-13-12(9-11)10(3)8-14(17)15-13/h6-9H,4-5H2,1-3H3,(H,15,17). The summed E-state index contributed by atoms with van der Waals surface area (Å²) in [5, 5.41) is 1.12. The minimum atomic E-state index is -0.0365. The zero-order valence-electron chi connectivity index (χ0n) is 10.6. The fraction of sp³-hybridized carbons (Fsp3) is 0.357. The van der Waals surface area contributed by atoms with Crippen LogP contribution in [-0.4, -0.2) is 18.1 Å². The summed E-state index contributed by atoms with van der Waals surface area (Å²) in [7, 11) is 0. The first kappa shape index (κ1) is 11.7. The van der Waals surface area contributed by atoms with E-state index in [-0.39, 0.29) is 5.56 Å². The quantitative estimate of drug-likeness (QED) is 0.880. The first-order chi connectivity index (χ1) is 8.15. The topological polar surface area (TPSA) is 36.1 Å². The Hall–Kier alpha value is -1.77. The molecule has 0 radical (unpaired) electrons. The van der Waals surface area contributed by atoms with E-state index in [0.717, 1.165) is 29.6 Å². The number of fused-ring (bicyclic) bond motifs is 1. The van der Waals surface area contributed by atoms with Crippen LogP contribution in [0.2, 0.25) is 0 Å². The average Bonchev–Trinajstić information content (AvgIpc) is 2.31. The van der Waals surface area contributed by atoms with Crippen molar-refractivity contribution >= 4 is 16.6 Å². The Kier molecular flexibility index (Phi) is 3.18. The van der Waals surface area contributed by atoms with Crippen molar-refractivity contribution in [3.05, 3.63) is 40.2 Å². The molecular formula is C14H18N2O. The van der Waals surface area contributed by atoms with E-state index in [2.05, 4.69) is 35.9 Å². The molecule has 0 bridgehead atoms. The molecule has 1 N–H and O–H groups in total. The highest BCUT2D eigenvalue weighted by atomic mass is 16.1. The normalized spacial score (nSPS) is 10.8. The second kappa shape index (κ2) is 4.62. The van der Waals surface area contributed by atoms with Gasteiger partial charge in [0.15, 0.2) is 0 Å². The molecule has 0 saturated carbocycles. The van der Waals surface area contributed by atoms with Crippen LogP contribution in [0.4, 0.5) is 5.69 Å². The number of aryl methyl sites for hydroxylation is 1. The third kappa shape index (κ3) is 2.18. The maximum atomic E-state index is 11.4. The first-order valence-corrected chi connectivity index (χ1v) is 6.04. The van der Waals surface area contributed by atoms with Crippen molar-refractivity contribution in [2.75, 3.05) is 18.0 Å². The van der Waals surface area contributed by atoms with Crippen LogP contribution in [0.5, 0.6) is 0 Å². The summed E-state index contributed by atoms with van der Waals surface area (Å²) in [4.78, 5) is 16.5. The first-order valence-electron chi connectivity index (χ1n) is 6.04. The molecule has 17 heavy (non-hydrogen) atoms. The number of hydrogen-bond donors (Lipinski definition) is 1. The van der Waals surface area contributed by atoms with E-state index in [1.54, 1.807) is 6.07 Å². The highest BCUT2D eigenvalue weighted by Gasteiger charge is 2.05. The van der Waals surface area contributed by atoms with Gasteiger partial charge in [-0.25, -0.2) is 0 Å². The Morgan fingerprint density at radius 3 is 2.53 bits per heavy atom. The lowest BCUT2D eigenvalue weighted by Gasteiger charge is -2.21. The number of anilines is 1. The van der Waals surface area contributed by atoms with Gasteiger partial charge in [-0.05, 0) is 44.5 Å². The van der Waals surface area contributed by atoms with Crippen molar-refractivity contribution < 1.29 is 0 Å². The van der Waals surface area contributed by atoms with E-state index in [4.69, 9.17) is 0 Å². The van der Waals surface area contributed by atoms with Gasteiger partial charge < -0.3 is 9.88 Å². The SMILES string of the molecule is CCN(CC)c1ccc2[nH]c(=O)cc(C)c2c1. The molecule has 1 aromatic heterocycles. The van der Waals surface area contributed by atoms with Crippen molar-refractivity contribution in [1.29, 1.82) is 0 Å². The molecule has 2 aromatic rings. The van der Waals surface area contributed by atoms with Crippen molar-refractivity contribution in [3.8, 4) is 0 Å². The number of hydrogen-bond acceptors (Lipinski definition) is 2. The van der Waals surface area contributed by atoms with Gasteiger partial charge in [0, 0.05) is 35.7 Å². The molecule has 0 amide bonds. The number of nitrogens with zero attached hydrogens (tertiary/aromatic N) is 1. The molecule has 0 unspecified atom stereocenters. The zero-order chi connectivity index (χ0) is 12.4. The van der Waals surface area contributed by atoms with E-state index < -0.39 is 0 Å². The van der Waals surface area contributed by atoms with E-state index >= 15 is 0 Å². The van der Waals surface area contributed by atoms with Crippen molar-refractivity contribution in [3.63, 3.8) is 0 Å². The van der Waals surface area contributed by atoms with Gasteiger partial charge >= 0.3 is 0 Å². The Morgan fingerprint density at radius 1 is 1.18 bits per heavy atom. The fourth-order valence-corrected chi connectivity index (χ4v) is 2.20. The molecule has 0 spiro atoms. The van der Waals surface area contributed by atoms with E-state index in [1.165, 1.54) is 5.69 Å². The fourth-order valence-electron chi connectivity index (χ4n) is 2.20. The zero-order valence-corrected chi connectivity index (χ0v) is 10.6. The van der Waals surface area contributed by atoms with Crippen LogP contribution in [0.1, 0.15) is 19.4 Å². The van der Waals surface area contributed by atoms with Gasteiger partial charge in [-0.3, -0.25) is 4.79 Å². The summed E-state index contributed by atoms with van der Waals surface area (Å²) in [5.74, 6) is 0. The maximum absolute atomic E-state index is 11.4. The van der Waals surface area contributed by atoms with Crippen LogP contribution in [-0.2, 0) is 0 Å². The van der Waals surface area contributed by atoms with Crippen molar-refractivity contribution in [2.24, 2.45) is 0 Å². The predicted molar refractivity (Wildman–Crippen MR) is 72.9 cm³/mol. The summed E-state index contributed by atoms with van der Waals surface area (Å²) in [6.45, 7) is 8.25. The number of nitrogens with one attached hydrogen (secondary N) is 1. The predicted octanol–water partition coefficient (Wildman–Crippen LogP) is 2.68. The molecule has 1 aromatic carbocycles. The van der Waals surface area contributed by atoms with E-state index in [1.807, 2.05) is 13.0 Å². The monoisotopic (exact) mass is 230 g/mol. The lowest BCUT2D eigenvalue weighted by molar-refractivity contribution is 0.867.